The molecule has 0 radical (unpaired) electrons. The van der Waals surface area contributed by atoms with Gasteiger partial charge in [0.2, 0.25) is 5.91 Å². The number of anilines is 1. The third-order valence-corrected chi connectivity index (χ3v) is 6.78. The number of carbonyl (C=O) groups excluding carboxylic acids is 1. The standard InChI is InChI=1S/C18H15Cl2N3O3S3/c1-25-14-6-3-10(7-15(14)26-2)21-16(24)9-28-17-22-23(18(27)29-17)11-4-5-12(19)13(20)8-11/h3-8H,9H2,1-2H3,(H,21,24). The number of aromatic nitrogens is 2. The number of ether oxygens (including phenoxy) is 2. The fraction of sp³-hybridized carbons (Fsp3) is 0.167. The van der Waals surface area contributed by atoms with Crippen molar-refractivity contribution in [3.05, 3.63) is 50.4 Å². The molecule has 1 aromatic heterocycles. The second-order valence-electron chi connectivity index (χ2n) is 5.55. The molecule has 0 aliphatic heterocycles. The number of carbonyl (C=O) groups is 1. The maximum absolute atomic E-state index is 12.3. The molecule has 2 aromatic carbocycles. The van der Waals surface area contributed by atoms with Crippen molar-refractivity contribution >= 4 is 70.1 Å². The highest BCUT2D eigenvalue weighted by molar-refractivity contribution is 8.01. The minimum absolute atomic E-state index is 0.176. The zero-order chi connectivity index (χ0) is 21.0. The molecule has 3 aromatic rings. The first-order valence-corrected chi connectivity index (χ1v) is 11.1. The van der Waals surface area contributed by atoms with Crippen LogP contribution in [-0.4, -0.2) is 35.7 Å². The number of hydrogen-bond donors (Lipinski definition) is 1. The Bertz CT molecular complexity index is 1100. The Hall–Kier alpha value is -1.78. The summed E-state index contributed by atoms with van der Waals surface area (Å²) in [5.41, 5.74) is 1.32. The van der Waals surface area contributed by atoms with Gasteiger partial charge in [0.05, 0.1) is 35.7 Å². The predicted molar refractivity (Wildman–Crippen MR) is 121 cm³/mol. The highest BCUT2D eigenvalue weighted by Gasteiger charge is 2.12. The quantitative estimate of drug-likeness (QED) is 0.339. The van der Waals surface area contributed by atoms with Gasteiger partial charge in [0.1, 0.15) is 0 Å². The first kappa shape index (κ1) is 21.9. The minimum Gasteiger partial charge on any atom is -0.493 e. The summed E-state index contributed by atoms with van der Waals surface area (Å²) in [6.45, 7) is 0. The fourth-order valence-electron chi connectivity index (χ4n) is 2.34. The van der Waals surface area contributed by atoms with E-state index in [0.717, 1.165) is 0 Å². The van der Waals surface area contributed by atoms with Gasteiger partial charge < -0.3 is 14.8 Å². The van der Waals surface area contributed by atoms with Crippen LogP contribution in [0.4, 0.5) is 5.69 Å². The lowest BCUT2D eigenvalue weighted by Crippen LogP contribution is -2.14. The van der Waals surface area contributed by atoms with E-state index in [1.165, 1.54) is 30.2 Å². The molecule has 6 nitrogen and oxygen atoms in total. The molecule has 0 atom stereocenters. The molecule has 1 N–H and O–H groups in total. The van der Waals surface area contributed by atoms with Crippen LogP contribution in [0.5, 0.6) is 11.5 Å². The molecule has 152 valence electrons. The maximum Gasteiger partial charge on any atom is 0.234 e. The summed E-state index contributed by atoms with van der Waals surface area (Å²) >= 11 is 20.0. The largest absolute Gasteiger partial charge is 0.493 e. The molecule has 11 heteroatoms. The number of hydrogen-bond acceptors (Lipinski definition) is 7. The van der Waals surface area contributed by atoms with Crippen LogP contribution in [0.3, 0.4) is 0 Å². The van der Waals surface area contributed by atoms with Crippen LogP contribution >= 0.6 is 58.5 Å². The van der Waals surface area contributed by atoms with Crippen LogP contribution in [0.2, 0.25) is 10.0 Å². The van der Waals surface area contributed by atoms with Crippen molar-refractivity contribution in [2.75, 3.05) is 25.3 Å². The number of thioether (sulfide) groups is 1. The van der Waals surface area contributed by atoms with Crippen LogP contribution in [-0.2, 0) is 4.79 Å². The van der Waals surface area contributed by atoms with Crippen LogP contribution < -0.4 is 14.8 Å². The summed E-state index contributed by atoms with van der Waals surface area (Å²) in [5, 5.41) is 8.15. The first-order valence-electron chi connectivity index (χ1n) is 8.11. The monoisotopic (exact) mass is 487 g/mol. The number of nitrogens with one attached hydrogen (secondary N) is 1. The minimum atomic E-state index is -0.176. The van der Waals surface area contributed by atoms with Gasteiger partial charge in [-0.1, -0.05) is 46.3 Å². The van der Waals surface area contributed by atoms with Crippen LogP contribution in [0.15, 0.2) is 40.7 Å². The zero-order valence-corrected chi connectivity index (χ0v) is 19.2. The predicted octanol–water partition coefficient (Wildman–Crippen LogP) is 5.72. The normalized spacial score (nSPS) is 10.6. The average molecular weight is 488 g/mol. The number of halogens is 2. The van der Waals surface area contributed by atoms with Crippen molar-refractivity contribution < 1.29 is 14.3 Å². The van der Waals surface area contributed by atoms with Crippen molar-refractivity contribution in [3.63, 3.8) is 0 Å². The van der Waals surface area contributed by atoms with E-state index in [-0.39, 0.29) is 11.7 Å². The van der Waals surface area contributed by atoms with E-state index >= 15 is 0 Å². The van der Waals surface area contributed by atoms with Gasteiger partial charge in [-0.25, -0.2) is 4.68 Å². The van der Waals surface area contributed by atoms with Gasteiger partial charge in [0.25, 0.3) is 0 Å². The van der Waals surface area contributed by atoms with Gasteiger partial charge in [-0.3, -0.25) is 4.79 Å². The molecule has 0 aliphatic rings. The summed E-state index contributed by atoms with van der Waals surface area (Å²) < 4.78 is 13.2. The Morgan fingerprint density at radius 2 is 1.93 bits per heavy atom. The van der Waals surface area contributed by atoms with Crippen molar-refractivity contribution in [3.8, 4) is 17.2 Å². The van der Waals surface area contributed by atoms with Crippen LogP contribution in [0.25, 0.3) is 5.69 Å². The third-order valence-electron chi connectivity index (χ3n) is 3.67. The molecule has 0 unspecified atom stereocenters. The third kappa shape index (κ3) is 5.43. The molecule has 0 bridgehead atoms. The summed E-state index contributed by atoms with van der Waals surface area (Å²) in [7, 11) is 3.09. The molecule has 1 amide bonds. The van der Waals surface area contributed by atoms with Crippen molar-refractivity contribution in [2.24, 2.45) is 0 Å². The molecule has 1 heterocycles. The van der Waals surface area contributed by atoms with Gasteiger partial charge in [-0.2, -0.15) is 0 Å². The molecular weight excluding hydrogens is 473 g/mol. The van der Waals surface area contributed by atoms with Gasteiger partial charge in [0, 0.05) is 11.8 Å². The molecule has 0 spiro atoms. The summed E-state index contributed by atoms with van der Waals surface area (Å²) in [6.07, 6.45) is 0. The smallest absolute Gasteiger partial charge is 0.234 e. The van der Waals surface area contributed by atoms with E-state index in [4.69, 9.17) is 44.9 Å². The summed E-state index contributed by atoms with van der Waals surface area (Å²) in [5.74, 6) is 1.13. The number of nitrogens with zero attached hydrogens (tertiary/aromatic N) is 2. The average Bonchev–Trinajstić information content (AvgIpc) is 3.09. The lowest BCUT2D eigenvalue weighted by Gasteiger charge is -2.10. The second kappa shape index (κ2) is 9.82. The molecule has 0 aliphatic carbocycles. The molecular formula is C18H15Cl2N3O3S3. The van der Waals surface area contributed by atoms with E-state index in [1.54, 1.807) is 48.2 Å². The van der Waals surface area contributed by atoms with Crippen LogP contribution in [0, 0.1) is 3.95 Å². The second-order valence-corrected chi connectivity index (χ2v) is 9.21. The lowest BCUT2D eigenvalue weighted by molar-refractivity contribution is -0.113. The van der Waals surface area contributed by atoms with Gasteiger partial charge in [-0.15, -0.1) is 5.10 Å². The molecule has 3 rings (SSSR count). The van der Waals surface area contributed by atoms with Crippen LogP contribution in [0.1, 0.15) is 0 Å². The lowest BCUT2D eigenvalue weighted by atomic mass is 10.2. The summed E-state index contributed by atoms with van der Waals surface area (Å²) in [4.78, 5) is 12.3. The van der Waals surface area contributed by atoms with Crippen molar-refractivity contribution in [2.45, 2.75) is 4.34 Å². The Kier molecular flexibility index (Phi) is 7.42. The SMILES string of the molecule is COc1ccc(NC(=O)CSc2nn(-c3ccc(Cl)c(Cl)c3)c(=S)s2)cc1OC. The highest BCUT2D eigenvalue weighted by Crippen LogP contribution is 2.30. The van der Waals surface area contributed by atoms with E-state index in [0.29, 0.717) is 41.2 Å². The fourth-order valence-corrected chi connectivity index (χ4v) is 4.79. The van der Waals surface area contributed by atoms with E-state index in [9.17, 15) is 4.79 Å². The molecule has 29 heavy (non-hydrogen) atoms. The topological polar surface area (TPSA) is 65.4 Å². The number of benzene rings is 2. The Morgan fingerprint density at radius 3 is 2.62 bits per heavy atom. The Balaban J connectivity index is 1.65. The van der Waals surface area contributed by atoms with Gasteiger partial charge >= 0.3 is 0 Å². The maximum atomic E-state index is 12.3. The number of methoxy groups -OCH3 is 2. The molecule has 0 saturated heterocycles. The Labute approximate surface area is 190 Å². The number of rotatable bonds is 7. The van der Waals surface area contributed by atoms with Crippen molar-refractivity contribution in [1.82, 2.24) is 9.78 Å². The zero-order valence-electron chi connectivity index (χ0n) is 15.3. The first-order chi connectivity index (χ1) is 13.9. The number of amides is 1. The van der Waals surface area contributed by atoms with Gasteiger partial charge in [-0.05, 0) is 42.5 Å². The van der Waals surface area contributed by atoms with E-state index < -0.39 is 0 Å². The van der Waals surface area contributed by atoms with E-state index in [1.807, 2.05) is 0 Å². The highest BCUT2D eigenvalue weighted by atomic mass is 35.5. The molecule has 0 fully saturated rings. The Morgan fingerprint density at radius 1 is 1.17 bits per heavy atom. The summed E-state index contributed by atoms with van der Waals surface area (Å²) in [6, 6.07) is 10.3. The van der Waals surface area contributed by atoms with Gasteiger partial charge in [0.15, 0.2) is 19.8 Å². The van der Waals surface area contributed by atoms with E-state index in [2.05, 4.69) is 10.4 Å². The molecule has 0 saturated carbocycles. The van der Waals surface area contributed by atoms with Crippen molar-refractivity contribution in [1.29, 1.82) is 0 Å².